The van der Waals surface area contributed by atoms with E-state index in [0.29, 0.717) is 49.5 Å². The van der Waals surface area contributed by atoms with E-state index in [1.165, 1.54) is 6.42 Å². The Morgan fingerprint density at radius 3 is 1.82 bits per heavy atom. The molecule has 1 unspecified atom stereocenters. The number of ketones is 4. The van der Waals surface area contributed by atoms with Crippen molar-refractivity contribution >= 4 is 40.8 Å². The first-order valence-corrected chi connectivity index (χ1v) is 15.6. The predicted molar refractivity (Wildman–Crippen MR) is 178 cm³/mol. The first-order chi connectivity index (χ1) is 21.9. The Bertz CT molecular complexity index is 1940. The minimum absolute atomic E-state index is 0.0303. The van der Waals surface area contributed by atoms with Gasteiger partial charge in [0.2, 0.25) is 0 Å². The van der Waals surface area contributed by atoms with Crippen LogP contribution in [-0.4, -0.2) is 23.1 Å². The van der Waals surface area contributed by atoms with Crippen molar-refractivity contribution in [1.82, 2.24) is 0 Å². The van der Waals surface area contributed by atoms with Crippen LogP contribution >= 0.6 is 11.6 Å². The molecule has 222 valence electrons. The third-order valence-corrected chi connectivity index (χ3v) is 8.70. The molecule has 0 heterocycles. The number of carbonyl (C=O) groups is 4. The van der Waals surface area contributed by atoms with Crippen LogP contribution in [-0.2, 0) is 0 Å². The Balaban J connectivity index is 0.000000179. The molecule has 45 heavy (non-hydrogen) atoms. The van der Waals surface area contributed by atoms with E-state index in [0.717, 1.165) is 30.4 Å². The summed E-state index contributed by atoms with van der Waals surface area (Å²) in [4.78, 5) is 50.8. The number of benzene rings is 4. The quantitative estimate of drug-likeness (QED) is 0.186. The maximum Gasteiger partial charge on any atom is 0.194 e. The Labute approximate surface area is 267 Å². The molecule has 3 aliphatic carbocycles. The van der Waals surface area contributed by atoms with Gasteiger partial charge in [-0.05, 0) is 35.8 Å². The third-order valence-electron chi connectivity index (χ3n) is 8.47. The van der Waals surface area contributed by atoms with E-state index in [2.05, 4.69) is 19.1 Å². The number of carbonyl (C=O) groups excluding carboxylic acids is 4. The molecule has 4 aromatic carbocycles. The van der Waals surface area contributed by atoms with E-state index in [-0.39, 0.29) is 29.1 Å². The molecule has 0 fully saturated rings. The number of rotatable bonds is 5. The first kappa shape index (κ1) is 30.1. The van der Waals surface area contributed by atoms with Crippen molar-refractivity contribution in [1.29, 1.82) is 0 Å². The van der Waals surface area contributed by atoms with Crippen molar-refractivity contribution in [2.75, 3.05) is 0 Å². The average molecular weight is 611 g/mol. The fraction of sp³-hybridized carbons (Fsp3) is 0.150. The van der Waals surface area contributed by atoms with Gasteiger partial charge in [-0.15, -0.1) is 0 Å². The van der Waals surface area contributed by atoms with E-state index >= 15 is 0 Å². The Morgan fingerprint density at radius 2 is 1.18 bits per heavy atom. The van der Waals surface area contributed by atoms with Gasteiger partial charge in [0.15, 0.2) is 23.1 Å². The Morgan fingerprint density at radius 1 is 0.622 bits per heavy atom. The molecule has 0 spiro atoms. The highest BCUT2D eigenvalue weighted by atomic mass is 35.5. The van der Waals surface area contributed by atoms with Crippen molar-refractivity contribution in [3.63, 3.8) is 0 Å². The van der Waals surface area contributed by atoms with Crippen LogP contribution in [0.1, 0.15) is 90.7 Å². The molecule has 0 amide bonds. The fourth-order valence-corrected chi connectivity index (χ4v) is 6.36. The molecule has 5 heteroatoms. The van der Waals surface area contributed by atoms with E-state index < -0.39 is 0 Å². The molecule has 1 atom stereocenters. The SMILES string of the molecule is CCCCCC1C=CC2=C(C(=O)c3ccccc3C2=O)C1=Cc1ccccc1.O=C1c2ccccc2C(=O)c2cc(Cl)ccc21. The molecule has 3 aliphatic rings. The van der Waals surface area contributed by atoms with E-state index in [1.54, 1.807) is 54.6 Å². The number of unbranched alkanes of at least 4 members (excludes halogenated alkanes) is 2. The van der Waals surface area contributed by atoms with Crippen LogP contribution in [0.5, 0.6) is 0 Å². The highest BCUT2D eigenvalue weighted by Crippen LogP contribution is 2.40. The highest BCUT2D eigenvalue weighted by Gasteiger charge is 2.36. The standard InChI is InChI=1S/C26H24O2.C14H7ClO2/c1-2-3-5-12-19-15-16-22-24(23(19)17-18-10-6-4-7-11-18)26(28)21-14-9-8-13-20(21)25(22)27;15-8-5-6-11-12(7-8)14(17)10-4-2-1-3-9(10)13(11)16/h4,6-11,13-17,19H,2-3,5,12H2,1H3;1-7H. The lowest BCUT2D eigenvalue weighted by Crippen LogP contribution is -2.26. The fourth-order valence-electron chi connectivity index (χ4n) is 6.19. The second-order valence-electron chi connectivity index (χ2n) is 11.4. The lowest BCUT2D eigenvalue weighted by molar-refractivity contribution is 0.0978. The van der Waals surface area contributed by atoms with E-state index in [4.69, 9.17) is 11.6 Å². The van der Waals surface area contributed by atoms with Crippen molar-refractivity contribution in [3.05, 3.63) is 170 Å². The summed E-state index contributed by atoms with van der Waals surface area (Å²) in [6.07, 6.45) is 10.5. The monoisotopic (exact) mass is 610 g/mol. The zero-order valence-electron chi connectivity index (χ0n) is 24.9. The van der Waals surface area contributed by atoms with Crippen molar-refractivity contribution < 1.29 is 19.2 Å². The molecule has 0 saturated carbocycles. The number of fused-ring (bicyclic) bond motifs is 3. The smallest absolute Gasteiger partial charge is 0.194 e. The average Bonchev–Trinajstić information content (AvgIpc) is 3.07. The van der Waals surface area contributed by atoms with Crippen LogP contribution in [0, 0.1) is 5.92 Å². The molecular weight excluding hydrogens is 580 g/mol. The van der Waals surface area contributed by atoms with Gasteiger partial charge < -0.3 is 0 Å². The topological polar surface area (TPSA) is 68.3 Å². The van der Waals surface area contributed by atoms with Crippen molar-refractivity contribution in [2.24, 2.45) is 5.92 Å². The summed E-state index contributed by atoms with van der Waals surface area (Å²) in [6.45, 7) is 2.19. The summed E-state index contributed by atoms with van der Waals surface area (Å²) in [5, 5.41) is 0.462. The summed E-state index contributed by atoms with van der Waals surface area (Å²) in [6, 6.07) is 28.8. The maximum atomic E-state index is 13.4. The van der Waals surface area contributed by atoms with Crippen LogP contribution in [0.15, 0.2) is 126 Å². The van der Waals surface area contributed by atoms with E-state index in [9.17, 15) is 19.2 Å². The van der Waals surface area contributed by atoms with Gasteiger partial charge in [-0.2, -0.15) is 0 Å². The number of hydrogen-bond donors (Lipinski definition) is 0. The molecule has 0 aromatic heterocycles. The minimum atomic E-state index is -0.141. The summed E-state index contributed by atoms with van der Waals surface area (Å²) < 4.78 is 0. The number of allylic oxidation sites excluding steroid dienone is 5. The van der Waals surface area contributed by atoms with Crippen molar-refractivity contribution in [2.45, 2.75) is 32.6 Å². The summed E-state index contributed by atoms with van der Waals surface area (Å²) in [5.74, 6) is -0.179. The zero-order chi connectivity index (χ0) is 31.5. The van der Waals surface area contributed by atoms with Crippen LogP contribution in [0.3, 0.4) is 0 Å². The van der Waals surface area contributed by atoms with Gasteiger partial charge in [0.25, 0.3) is 0 Å². The molecule has 0 N–H and O–H groups in total. The second-order valence-corrected chi connectivity index (χ2v) is 11.8. The van der Waals surface area contributed by atoms with E-state index in [1.807, 2.05) is 48.5 Å². The second kappa shape index (κ2) is 13.0. The maximum absolute atomic E-state index is 13.4. The summed E-state index contributed by atoms with van der Waals surface area (Å²) >= 11 is 5.85. The van der Waals surface area contributed by atoms with Gasteiger partial charge in [-0.1, -0.05) is 135 Å². The largest absolute Gasteiger partial charge is 0.289 e. The first-order valence-electron chi connectivity index (χ1n) is 15.2. The van der Waals surface area contributed by atoms with Gasteiger partial charge >= 0.3 is 0 Å². The number of halogens is 1. The van der Waals surface area contributed by atoms with Gasteiger partial charge in [0.1, 0.15) is 0 Å². The van der Waals surface area contributed by atoms with Gasteiger partial charge in [-0.3, -0.25) is 19.2 Å². The lowest BCUT2D eigenvalue weighted by Gasteiger charge is -2.29. The number of Topliss-reactive ketones (excluding diaryl/α,β-unsaturated/α-hetero) is 2. The van der Waals surface area contributed by atoms with Crippen LogP contribution in [0.2, 0.25) is 5.02 Å². The zero-order valence-corrected chi connectivity index (χ0v) is 25.6. The summed E-state index contributed by atoms with van der Waals surface area (Å²) in [5.41, 5.74) is 5.94. The normalized spacial score (nSPS) is 17.3. The van der Waals surface area contributed by atoms with Crippen LogP contribution in [0.4, 0.5) is 0 Å². The van der Waals surface area contributed by atoms with Gasteiger partial charge in [0, 0.05) is 55.5 Å². The molecule has 0 saturated heterocycles. The number of hydrogen-bond acceptors (Lipinski definition) is 4. The van der Waals surface area contributed by atoms with Crippen LogP contribution < -0.4 is 0 Å². The molecular formula is C40H31ClO4. The molecule has 0 aliphatic heterocycles. The molecule has 4 aromatic rings. The molecule has 4 nitrogen and oxygen atoms in total. The van der Waals surface area contributed by atoms with Crippen molar-refractivity contribution in [3.8, 4) is 0 Å². The molecule has 0 bridgehead atoms. The minimum Gasteiger partial charge on any atom is -0.289 e. The van der Waals surface area contributed by atoms with Gasteiger partial charge in [0.05, 0.1) is 0 Å². The molecule has 7 rings (SSSR count). The summed E-state index contributed by atoms with van der Waals surface area (Å²) in [7, 11) is 0. The Hall–Kier alpha value is -4.93. The third kappa shape index (κ3) is 5.82. The Kier molecular flexibility index (Phi) is 8.68. The molecule has 0 radical (unpaired) electrons. The predicted octanol–water partition coefficient (Wildman–Crippen LogP) is 9.33. The van der Waals surface area contributed by atoms with Gasteiger partial charge in [-0.25, -0.2) is 0 Å². The van der Waals surface area contributed by atoms with Crippen LogP contribution in [0.25, 0.3) is 6.08 Å². The highest BCUT2D eigenvalue weighted by molar-refractivity contribution is 6.33. The lowest BCUT2D eigenvalue weighted by atomic mass is 9.73.